The number of aromatic nitrogens is 2. The second kappa shape index (κ2) is 16.9. The minimum atomic E-state index is -0.554. The number of hydrogen-bond acceptors (Lipinski definition) is 3. The molecule has 4 nitrogen and oxygen atoms in total. The van der Waals surface area contributed by atoms with E-state index >= 15 is 0 Å². The fourth-order valence-electron chi connectivity index (χ4n) is 10.7. The quantitative estimate of drug-likeness (QED) is 0.137. The number of amidine groups is 1. The molecule has 1 aliphatic rings. The summed E-state index contributed by atoms with van der Waals surface area (Å²) >= 11 is 0. The van der Waals surface area contributed by atoms with E-state index in [-0.39, 0.29) is 29.1 Å². The van der Waals surface area contributed by atoms with Crippen molar-refractivity contribution in [3.05, 3.63) is 196 Å². The van der Waals surface area contributed by atoms with Crippen molar-refractivity contribution in [3.63, 3.8) is 0 Å². The lowest BCUT2D eigenvalue weighted by molar-refractivity contribution is 0.279. The molecule has 0 saturated heterocycles. The zero-order valence-corrected chi connectivity index (χ0v) is 41.5. The normalized spacial score (nSPS) is 16.4. The number of benzene rings is 6. The first kappa shape index (κ1) is 44.9. The highest BCUT2D eigenvalue weighted by Gasteiger charge is 2.59. The van der Waals surface area contributed by atoms with Gasteiger partial charge in [-0.3, -0.25) is 9.98 Å². The number of rotatable bonds is 10. The van der Waals surface area contributed by atoms with E-state index in [1.807, 2.05) is 6.20 Å². The third-order valence-electron chi connectivity index (χ3n) is 14.7. The van der Waals surface area contributed by atoms with Crippen molar-refractivity contribution in [3.8, 4) is 16.9 Å². The van der Waals surface area contributed by atoms with E-state index in [1.54, 1.807) is 0 Å². The molecule has 0 unspecified atom stereocenters. The third-order valence-corrected chi connectivity index (χ3v) is 14.7. The van der Waals surface area contributed by atoms with Crippen LogP contribution < -0.4 is 4.90 Å². The van der Waals surface area contributed by atoms with E-state index in [2.05, 4.69) is 245 Å². The van der Waals surface area contributed by atoms with Crippen molar-refractivity contribution in [1.82, 2.24) is 9.55 Å². The molecular formula is C62H68N4. The molecule has 2 aromatic heterocycles. The van der Waals surface area contributed by atoms with Crippen molar-refractivity contribution in [1.29, 1.82) is 0 Å². The zero-order valence-electron chi connectivity index (χ0n) is 41.5. The Morgan fingerprint density at radius 2 is 1.18 bits per heavy atom. The Bertz CT molecular complexity index is 3040. The van der Waals surface area contributed by atoms with E-state index in [4.69, 9.17) is 9.98 Å². The van der Waals surface area contributed by atoms with Crippen LogP contribution in [0.4, 0.5) is 5.69 Å². The summed E-state index contributed by atoms with van der Waals surface area (Å²) in [5, 5.41) is 2.48. The average molecular weight is 869 g/mol. The maximum atomic E-state index is 6.04. The van der Waals surface area contributed by atoms with Gasteiger partial charge in [-0.25, -0.2) is 0 Å². The second-order valence-corrected chi connectivity index (χ2v) is 21.6. The maximum Gasteiger partial charge on any atom is 0.136 e. The summed E-state index contributed by atoms with van der Waals surface area (Å²) in [7, 11) is 0. The summed E-state index contributed by atoms with van der Waals surface area (Å²) in [4.78, 5) is 13.7. The third kappa shape index (κ3) is 7.66. The molecule has 0 radical (unpaired) electrons. The molecule has 0 N–H and O–H groups in total. The lowest BCUT2D eigenvalue weighted by atomic mass is 9.66. The minimum Gasteiger partial charge on any atom is -0.316 e. The summed E-state index contributed by atoms with van der Waals surface area (Å²) in [5.74, 6) is 1.83. The van der Waals surface area contributed by atoms with Crippen molar-refractivity contribution in [2.24, 2.45) is 4.99 Å². The molecule has 0 spiro atoms. The SMILES string of the molecule is Cc1ccc2c(c1)c1ccc(-c3cc(C(C)(C)C)ccn3)cc1n2-c1cc(C2=NC(C)(C)[C@](C)(C(c3ccccc3)c3ccccc3)N2c2c(C(C)C)cccc2C(C)C)cc(C(C)C)c1. The van der Waals surface area contributed by atoms with Crippen LogP contribution in [0.2, 0.25) is 0 Å². The van der Waals surface area contributed by atoms with Crippen LogP contribution in [0.25, 0.3) is 38.8 Å². The Morgan fingerprint density at radius 1 is 0.545 bits per heavy atom. The van der Waals surface area contributed by atoms with Crippen molar-refractivity contribution < 1.29 is 0 Å². The van der Waals surface area contributed by atoms with Gasteiger partial charge < -0.3 is 9.47 Å². The van der Waals surface area contributed by atoms with Crippen LogP contribution in [0.3, 0.4) is 0 Å². The Kier molecular flexibility index (Phi) is 11.5. The number of aliphatic imine (C=N–C) groups is 1. The van der Waals surface area contributed by atoms with Crippen LogP contribution in [0.15, 0.2) is 157 Å². The van der Waals surface area contributed by atoms with Gasteiger partial charge in [-0.1, -0.05) is 165 Å². The molecule has 66 heavy (non-hydrogen) atoms. The number of anilines is 1. The van der Waals surface area contributed by atoms with Crippen LogP contribution in [0.5, 0.6) is 0 Å². The summed E-state index contributed by atoms with van der Waals surface area (Å²) in [6, 6.07) is 54.8. The molecule has 4 heteroatoms. The molecule has 9 rings (SSSR count). The highest BCUT2D eigenvalue weighted by atomic mass is 15.4. The largest absolute Gasteiger partial charge is 0.316 e. The number of fused-ring (bicyclic) bond motifs is 3. The number of pyridine rings is 1. The van der Waals surface area contributed by atoms with Crippen LogP contribution >= 0.6 is 0 Å². The predicted molar refractivity (Wildman–Crippen MR) is 282 cm³/mol. The number of hydrogen-bond donors (Lipinski definition) is 0. The molecule has 0 aliphatic carbocycles. The lowest BCUT2D eigenvalue weighted by Crippen LogP contribution is -2.60. The van der Waals surface area contributed by atoms with Gasteiger partial charge in [-0.05, 0) is 133 Å². The van der Waals surface area contributed by atoms with Gasteiger partial charge in [0.15, 0.2) is 0 Å². The van der Waals surface area contributed by atoms with Gasteiger partial charge >= 0.3 is 0 Å². The lowest BCUT2D eigenvalue weighted by Gasteiger charge is -2.51. The Labute approximate surface area is 394 Å². The number of para-hydroxylation sites is 1. The van der Waals surface area contributed by atoms with Crippen molar-refractivity contribution in [2.75, 3.05) is 4.90 Å². The topological polar surface area (TPSA) is 33.4 Å². The fourth-order valence-corrected chi connectivity index (χ4v) is 10.7. The standard InChI is InChI=1S/C62H68N4/c1-39(2)46-34-47(36-49(35-46)65-55-30-27-42(7)33-53(55)52-29-28-45(37-56(52)65)54-38-48(31-32-63-54)60(8,9)10)59-64-61(11,12)62(13,57(43-21-16-14-17-22-43)44-23-18-15-19-24-44)66(59)58-50(40(3)4)25-20-26-51(58)41(5)6/h14-41,57H,1-13H3/t62-/m0/s1. The number of nitrogens with zero attached hydrogens (tertiary/aromatic N) is 4. The molecule has 0 bridgehead atoms. The first-order chi connectivity index (χ1) is 31.4. The zero-order chi connectivity index (χ0) is 46.9. The van der Waals surface area contributed by atoms with Gasteiger partial charge in [-0.15, -0.1) is 0 Å². The number of aryl methyl sites for hydroxylation is 1. The molecule has 3 heterocycles. The van der Waals surface area contributed by atoms with Gasteiger partial charge in [0.1, 0.15) is 5.84 Å². The van der Waals surface area contributed by atoms with Crippen LogP contribution in [-0.2, 0) is 5.41 Å². The molecule has 6 aromatic carbocycles. The summed E-state index contributed by atoms with van der Waals surface area (Å²) in [5.41, 5.74) is 15.9. The fraction of sp³-hybridized carbons (Fsp3) is 0.323. The highest BCUT2D eigenvalue weighted by Crippen LogP contribution is 2.55. The highest BCUT2D eigenvalue weighted by molar-refractivity contribution is 6.15. The van der Waals surface area contributed by atoms with E-state index in [0.29, 0.717) is 0 Å². The summed E-state index contributed by atoms with van der Waals surface area (Å²) < 4.78 is 2.50. The van der Waals surface area contributed by atoms with Gasteiger partial charge in [0.2, 0.25) is 0 Å². The van der Waals surface area contributed by atoms with E-state index in [0.717, 1.165) is 28.3 Å². The molecular weight excluding hydrogens is 801 g/mol. The molecule has 8 aromatic rings. The molecule has 0 fully saturated rings. The van der Waals surface area contributed by atoms with Gasteiger partial charge in [-0.2, -0.15) is 0 Å². The average Bonchev–Trinajstić information content (AvgIpc) is 3.72. The maximum absolute atomic E-state index is 6.04. The monoisotopic (exact) mass is 869 g/mol. The summed E-state index contributed by atoms with van der Waals surface area (Å²) in [6.45, 7) is 30.2. The van der Waals surface area contributed by atoms with E-state index in [9.17, 15) is 0 Å². The van der Waals surface area contributed by atoms with Crippen LogP contribution in [0, 0.1) is 6.92 Å². The molecule has 0 saturated carbocycles. The van der Waals surface area contributed by atoms with Gasteiger partial charge in [0, 0.05) is 39.7 Å². The smallest absolute Gasteiger partial charge is 0.136 e. The van der Waals surface area contributed by atoms with Gasteiger partial charge in [0.05, 0.1) is 33.5 Å². The molecule has 0 amide bonds. The summed E-state index contributed by atoms with van der Waals surface area (Å²) in [6.07, 6.45) is 1.96. The van der Waals surface area contributed by atoms with Crippen LogP contribution in [-0.4, -0.2) is 26.5 Å². The van der Waals surface area contributed by atoms with Gasteiger partial charge in [0.25, 0.3) is 0 Å². The Morgan fingerprint density at radius 3 is 1.77 bits per heavy atom. The molecule has 1 atom stereocenters. The van der Waals surface area contributed by atoms with E-state index in [1.165, 1.54) is 66.4 Å². The van der Waals surface area contributed by atoms with E-state index < -0.39 is 11.1 Å². The van der Waals surface area contributed by atoms with Crippen molar-refractivity contribution in [2.45, 2.75) is 130 Å². The predicted octanol–water partition coefficient (Wildman–Crippen LogP) is 16.5. The Balaban J connectivity index is 1.35. The molecule has 1 aliphatic heterocycles. The first-order valence-electron chi connectivity index (χ1n) is 24.2. The minimum absolute atomic E-state index is 0.0111. The molecule has 336 valence electrons. The second-order valence-electron chi connectivity index (χ2n) is 21.6. The Hall–Kier alpha value is -6.26. The first-order valence-corrected chi connectivity index (χ1v) is 24.2. The van der Waals surface area contributed by atoms with Crippen LogP contribution in [0.1, 0.15) is 151 Å². The van der Waals surface area contributed by atoms with Crippen molar-refractivity contribution >= 4 is 33.3 Å².